The van der Waals surface area contributed by atoms with Crippen LogP contribution >= 0.6 is 0 Å². The van der Waals surface area contributed by atoms with Crippen LogP contribution in [0.25, 0.3) is 0 Å². The van der Waals surface area contributed by atoms with Gasteiger partial charge in [0.1, 0.15) is 11.6 Å². The molecule has 1 aromatic rings. The number of hydrogen-bond acceptors (Lipinski definition) is 4. The Morgan fingerprint density at radius 2 is 1.95 bits per heavy atom. The first-order valence-corrected chi connectivity index (χ1v) is 7.12. The Labute approximate surface area is 113 Å². The number of aliphatic carboxylic acids is 1. The number of β-amino-alcohol motifs (C(OH)–C–C–N with tert-alkyl or cyclic N) is 1. The third-order valence-corrected chi connectivity index (χ3v) is 4.74. The van der Waals surface area contributed by atoms with Crippen molar-refractivity contribution in [2.75, 3.05) is 13.1 Å². The number of aliphatic hydroxyl groups is 1. The van der Waals surface area contributed by atoms with E-state index in [2.05, 4.69) is 0 Å². The van der Waals surface area contributed by atoms with Gasteiger partial charge in [0.05, 0.1) is 18.8 Å². The first-order valence-electron chi connectivity index (χ1n) is 5.52. The predicted molar refractivity (Wildman–Crippen MR) is 63.1 cm³/mol. The van der Waals surface area contributed by atoms with Crippen molar-refractivity contribution in [3.8, 4) is 0 Å². The number of hydrogen-bond donors (Lipinski definition) is 2. The Kier molecular flexibility index (Phi) is 3.53. The lowest BCUT2D eigenvalue weighted by Crippen LogP contribution is -2.67. The predicted octanol–water partition coefficient (Wildman–Crippen LogP) is -0.0741. The van der Waals surface area contributed by atoms with Crippen LogP contribution in [-0.2, 0) is 20.6 Å². The van der Waals surface area contributed by atoms with Gasteiger partial charge in [0.15, 0.2) is 5.60 Å². The monoisotopic (exact) mass is 307 g/mol. The van der Waals surface area contributed by atoms with Crippen LogP contribution in [0.2, 0.25) is 0 Å². The summed E-state index contributed by atoms with van der Waals surface area (Å²) in [6, 6.07) is 2.50. The molecule has 0 aromatic heterocycles. The summed E-state index contributed by atoms with van der Waals surface area (Å²) < 4.78 is 50.6. The molecule has 0 spiro atoms. The van der Waals surface area contributed by atoms with E-state index in [1.165, 1.54) is 0 Å². The second-order valence-electron chi connectivity index (χ2n) is 4.60. The van der Waals surface area contributed by atoms with E-state index < -0.39 is 52.1 Å². The fourth-order valence-electron chi connectivity index (χ4n) is 1.80. The topological polar surface area (TPSA) is 94.9 Å². The maximum absolute atomic E-state index is 13.4. The van der Waals surface area contributed by atoms with E-state index in [4.69, 9.17) is 5.11 Å². The molecule has 6 nitrogen and oxygen atoms in total. The number of carbonyl (C=O) groups is 1. The average molecular weight is 307 g/mol. The molecular weight excluding hydrogens is 296 g/mol. The first-order chi connectivity index (χ1) is 9.14. The van der Waals surface area contributed by atoms with Gasteiger partial charge >= 0.3 is 5.97 Å². The Hall–Kier alpha value is -1.58. The van der Waals surface area contributed by atoms with Crippen molar-refractivity contribution in [2.24, 2.45) is 0 Å². The van der Waals surface area contributed by atoms with Crippen molar-refractivity contribution in [1.29, 1.82) is 0 Å². The van der Waals surface area contributed by atoms with Gasteiger partial charge in [-0.3, -0.25) is 0 Å². The number of carboxylic acid groups (broad SMARTS) is 1. The van der Waals surface area contributed by atoms with Gasteiger partial charge in [-0.15, -0.1) is 0 Å². The van der Waals surface area contributed by atoms with Gasteiger partial charge in [-0.2, -0.15) is 4.31 Å². The fraction of sp³-hybridized carbons (Fsp3) is 0.364. The van der Waals surface area contributed by atoms with Crippen LogP contribution in [0.3, 0.4) is 0 Å². The van der Waals surface area contributed by atoms with E-state index in [1.54, 1.807) is 0 Å². The molecule has 20 heavy (non-hydrogen) atoms. The third kappa shape index (κ3) is 2.65. The van der Waals surface area contributed by atoms with Crippen molar-refractivity contribution in [3.05, 3.63) is 35.4 Å². The quantitative estimate of drug-likeness (QED) is 0.811. The minimum Gasteiger partial charge on any atom is -0.479 e. The Bertz CT molecular complexity index is 655. The molecule has 0 aliphatic carbocycles. The summed E-state index contributed by atoms with van der Waals surface area (Å²) in [4.78, 5) is 10.7. The molecule has 0 saturated carbocycles. The summed E-state index contributed by atoms with van der Waals surface area (Å²) >= 11 is 0. The largest absolute Gasteiger partial charge is 0.479 e. The average Bonchev–Trinajstić information content (AvgIpc) is 2.28. The maximum Gasteiger partial charge on any atom is 0.338 e. The van der Waals surface area contributed by atoms with E-state index in [0.29, 0.717) is 6.07 Å². The highest BCUT2D eigenvalue weighted by molar-refractivity contribution is 7.88. The molecule has 1 fully saturated rings. The lowest BCUT2D eigenvalue weighted by molar-refractivity contribution is -0.170. The second kappa shape index (κ2) is 4.76. The third-order valence-electron chi connectivity index (χ3n) is 3.02. The van der Waals surface area contributed by atoms with Gasteiger partial charge in [-0.25, -0.2) is 22.0 Å². The van der Waals surface area contributed by atoms with Crippen LogP contribution in [0.4, 0.5) is 8.78 Å². The molecule has 2 N–H and O–H groups in total. The van der Waals surface area contributed by atoms with Gasteiger partial charge < -0.3 is 10.2 Å². The van der Waals surface area contributed by atoms with E-state index in [0.717, 1.165) is 16.4 Å². The van der Waals surface area contributed by atoms with Crippen molar-refractivity contribution >= 4 is 16.0 Å². The Balaban J connectivity index is 2.12. The van der Waals surface area contributed by atoms with E-state index in [9.17, 15) is 27.1 Å². The molecule has 2 rings (SSSR count). The molecule has 0 amide bonds. The number of halogens is 2. The molecule has 9 heteroatoms. The molecule has 1 aliphatic heterocycles. The molecule has 1 aromatic carbocycles. The number of sulfonamides is 1. The highest BCUT2D eigenvalue weighted by Crippen LogP contribution is 2.26. The van der Waals surface area contributed by atoms with Gasteiger partial charge in [0.2, 0.25) is 10.0 Å². The number of benzene rings is 1. The van der Waals surface area contributed by atoms with E-state index in [1.807, 2.05) is 0 Å². The summed E-state index contributed by atoms with van der Waals surface area (Å²) in [5, 5.41) is 18.1. The van der Waals surface area contributed by atoms with Crippen LogP contribution in [0.15, 0.2) is 18.2 Å². The lowest BCUT2D eigenvalue weighted by atomic mass is 9.98. The molecule has 0 atom stereocenters. The summed E-state index contributed by atoms with van der Waals surface area (Å²) in [6.07, 6.45) is 0. The Morgan fingerprint density at radius 3 is 2.45 bits per heavy atom. The standard InChI is InChI=1S/C11H11F2NO5S/c12-8-2-1-7(9(13)3-8)4-20(18,19)14-5-11(17,6-14)10(15)16/h1-3,17H,4-6H2,(H,15,16). The number of carboxylic acids is 1. The molecule has 110 valence electrons. The van der Waals surface area contributed by atoms with E-state index >= 15 is 0 Å². The van der Waals surface area contributed by atoms with Crippen LogP contribution < -0.4 is 0 Å². The van der Waals surface area contributed by atoms with E-state index in [-0.39, 0.29) is 5.56 Å². The zero-order valence-electron chi connectivity index (χ0n) is 10.1. The molecule has 1 aliphatic rings. The Morgan fingerprint density at radius 1 is 1.35 bits per heavy atom. The normalized spacial score (nSPS) is 18.6. The molecule has 0 bridgehead atoms. The summed E-state index contributed by atoms with van der Waals surface area (Å²) in [7, 11) is -3.97. The van der Waals surface area contributed by atoms with Crippen molar-refractivity contribution < 1.29 is 32.2 Å². The minimum absolute atomic E-state index is 0.225. The van der Waals surface area contributed by atoms with Gasteiger partial charge in [0, 0.05) is 11.6 Å². The zero-order chi connectivity index (χ0) is 15.1. The summed E-state index contributed by atoms with van der Waals surface area (Å²) in [5.41, 5.74) is -2.33. The summed E-state index contributed by atoms with van der Waals surface area (Å²) in [5.74, 6) is -4.07. The minimum atomic E-state index is -3.97. The number of rotatable bonds is 4. The fourth-order valence-corrected chi connectivity index (χ4v) is 3.43. The van der Waals surface area contributed by atoms with Gasteiger partial charge in [0.25, 0.3) is 0 Å². The summed E-state index contributed by atoms with van der Waals surface area (Å²) in [6.45, 7) is -1.18. The smallest absolute Gasteiger partial charge is 0.338 e. The molecular formula is C11H11F2NO5S. The molecule has 0 unspecified atom stereocenters. The molecule has 1 saturated heterocycles. The lowest BCUT2D eigenvalue weighted by Gasteiger charge is -2.42. The maximum atomic E-state index is 13.4. The molecule has 1 heterocycles. The van der Waals surface area contributed by atoms with Crippen LogP contribution in [0.1, 0.15) is 5.56 Å². The second-order valence-corrected chi connectivity index (χ2v) is 6.57. The van der Waals surface area contributed by atoms with Crippen LogP contribution in [0, 0.1) is 11.6 Å². The van der Waals surface area contributed by atoms with Crippen molar-refractivity contribution in [2.45, 2.75) is 11.4 Å². The van der Waals surface area contributed by atoms with Crippen molar-refractivity contribution in [1.82, 2.24) is 4.31 Å². The molecule has 0 radical (unpaired) electrons. The highest BCUT2D eigenvalue weighted by Gasteiger charge is 2.52. The van der Waals surface area contributed by atoms with Crippen LogP contribution in [0.5, 0.6) is 0 Å². The highest BCUT2D eigenvalue weighted by atomic mass is 32.2. The SMILES string of the molecule is O=C(O)C1(O)CN(S(=O)(=O)Cc2ccc(F)cc2F)C1. The van der Waals surface area contributed by atoms with Gasteiger partial charge in [-0.1, -0.05) is 6.07 Å². The first kappa shape index (κ1) is 14.8. The number of nitrogens with zero attached hydrogens (tertiary/aromatic N) is 1. The van der Waals surface area contributed by atoms with Crippen LogP contribution in [-0.4, -0.2) is 47.6 Å². The van der Waals surface area contributed by atoms with Crippen molar-refractivity contribution in [3.63, 3.8) is 0 Å². The van der Waals surface area contributed by atoms with Gasteiger partial charge in [-0.05, 0) is 6.07 Å². The zero-order valence-corrected chi connectivity index (χ0v) is 10.9.